The summed E-state index contributed by atoms with van der Waals surface area (Å²) in [6, 6.07) is 18.2. The predicted octanol–water partition coefficient (Wildman–Crippen LogP) is 2.73. The Morgan fingerprint density at radius 3 is 2.04 bits per heavy atom. The Labute approximate surface area is 165 Å². The third-order valence-electron chi connectivity index (χ3n) is 4.97. The highest BCUT2D eigenvalue weighted by atomic mass is 35.5. The van der Waals surface area contributed by atoms with Crippen molar-refractivity contribution in [3.8, 4) is 0 Å². The summed E-state index contributed by atoms with van der Waals surface area (Å²) in [6.45, 7) is 0.530. The highest BCUT2D eigenvalue weighted by Gasteiger charge is 2.39. The number of methoxy groups -OCH3 is 1. The molecule has 2 N–H and O–H groups in total. The first-order chi connectivity index (χ1) is 12.6. The van der Waals surface area contributed by atoms with E-state index in [1.165, 1.54) is 7.11 Å². The number of carbonyl (C=O) groups is 2. The molecular weight excluding hydrogens is 364 g/mol. The number of esters is 1. The van der Waals surface area contributed by atoms with Crippen molar-refractivity contribution in [1.29, 1.82) is 0 Å². The van der Waals surface area contributed by atoms with E-state index < -0.39 is 12.1 Å². The van der Waals surface area contributed by atoms with Crippen LogP contribution in [0.4, 0.5) is 0 Å². The fourth-order valence-electron chi connectivity index (χ4n) is 3.67. The lowest BCUT2D eigenvalue weighted by Crippen LogP contribution is -2.51. The zero-order valence-corrected chi connectivity index (χ0v) is 16.1. The number of ether oxygens (including phenoxy) is 1. The lowest BCUT2D eigenvalue weighted by atomic mass is 9.84. The molecule has 144 valence electrons. The summed E-state index contributed by atoms with van der Waals surface area (Å²) >= 11 is 0. The molecule has 1 saturated heterocycles. The fraction of sp³-hybridized carbons (Fsp3) is 0.333. The van der Waals surface area contributed by atoms with Gasteiger partial charge in [0.15, 0.2) is 0 Å². The van der Waals surface area contributed by atoms with E-state index in [0.717, 1.165) is 17.5 Å². The average molecular weight is 389 g/mol. The van der Waals surface area contributed by atoms with Gasteiger partial charge in [0, 0.05) is 12.5 Å². The fourth-order valence-corrected chi connectivity index (χ4v) is 3.67. The highest BCUT2D eigenvalue weighted by Crippen LogP contribution is 2.30. The Balaban J connectivity index is 0.00000261. The van der Waals surface area contributed by atoms with E-state index in [-0.39, 0.29) is 30.2 Å². The molecule has 0 radical (unpaired) electrons. The minimum atomic E-state index is -0.773. The van der Waals surface area contributed by atoms with E-state index >= 15 is 0 Å². The monoisotopic (exact) mass is 388 g/mol. The number of likely N-dealkylation sites (tertiary alicyclic amines) is 1. The van der Waals surface area contributed by atoms with Crippen molar-refractivity contribution in [3.05, 3.63) is 71.8 Å². The van der Waals surface area contributed by atoms with Gasteiger partial charge in [-0.1, -0.05) is 60.7 Å². The normalized spacial score (nSPS) is 17.3. The average Bonchev–Trinajstić information content (AvgIpc) is 3.18. The summed E-state index contributed by atoms with van der Waals surface area (Å²) in [6.07, 6.45) is 1.39. The molecule has 0 saturated carbocycles. The van der Waals surface area contributed by atoms with Gasteiger partial charge in [0.05, 0.1) is 13.2 Å². The molecule has 1 aliphatic rings. The molecule has 5 nitrogen and oxygen atoms in total. The summed E-state index contributed by atoms with van der Waals surface area (Å²) in [5.41, 5.74) is 8.43. The molecule has 6 heteroatoms. The van der Waals surface area contributed by atoms with Crippen LogP contribution in [0.2, 0.25) is 0 Å². The maximum absolute atomic E-state index is 13.2. The number of hydrogen-bond donors (Lipinski definition) is 1. The van der Waals surface area contributed by atoms with Crippen LogP contribution in [-0.4, -0.2) is 42.5 Å². The van der Waals surface area contributed by atoms with Gasteiger partial charge in [-0.15, -0.1) is 12.4 Å². The van der Waals surface area contributed by atoms with E-state index in [1.807, 2.05) is 60.7 Å². The predicted molar refractivity (Wildman–Crippen MR) is 107 cm³/mol. The van der Waals surface area contributed by atoms with Crippen LogP contribution in [-0.2, 0) is 14.3 Å². The standard InChI is InChI=1S/C21H24N2O3.ClH/c1-26-21(25)17-13-8-14-23(17)20(24)19(22)18(15-9-4-2-5-10-15)16-11-6-3-7-12-16;/h2-7,9-12,17-19H,8,13-14,22H2,1H3;1H/t17-,19+;/m0./s1. The smallest absolute Gasteiger partial charge is 0.328 e. The number of nitrogens with two attached hydrogens (primary N) is 1. The van der Waals surface area contributed by atoms with Gasteiger partial charge in [0.25, 0.3) is 0 Å². The summed E-state index contributed by atoms with van der Waals surface area (Å²) in [7, 11) is 1.35. The number of carbonyl (C=O) groups excluding carboxylic acids is 2. The van der Waals surface area contributed by atoms with Crippen LogP contribution in [0.5, 0.6) is 0 Å². The van der Waals surface area contributed by atoms with Gasteiger partial charge < -0.3 is 15.4 Å². The summed E-state index contributed by atoms with van der Waals surface area (Å²) in [5.74, 6) is -0.863. The lowest BCUT2D eigenvalue weighted by molar-refractivity contribution is -0.151. The van der Waals surface area contributed by atoms with Crippen LogP contribution in [0.3, 0.4) is 0 Å². The summed E-state index contributed by atoms with van der Waals surface area (Å²) in [4.78, 5) is 26.7. The van der Waals surface area contributed by atoms with E-state index in [0.29, 0.717) is 13.0 Å². The van der Waals surface area contributed by atoms with Gasteiger partial charge in [0.1, 0.15) is 6.04 Å². The first-order valence-electron chi connectivity index (χ1n) is 8.87. The molecule has 0 bridgehead atoms. The van der Waals surface area contributed by atoms with Crippen LogP contribution >= 0.6 is 12.4 Å². The van der Waals surface area contributed by atoms with Gasteiger partial charge in [-0.3, -0.25) is 4.79 Å². The zero-order chi connectivity index (χ0) is 18.5. The van der Waals surface area contributed by atoms with E-state index in [9.17, 15) is 9.59 Å². The Hall–Kier alpha value is -2.37. The van der Waals surface area contributed by atoms with Crippen LogP contribution in [0.25, 0.3) is 0 Å². The number of nitrogens with zero attached hydrogens (tertiary/aromatic N) is 1. The largest absolute Gasteiger partial charge is 0.467 e. The summed E-state index contributed by atoms with van der Waals surface area (Å²) < 4.78 is 4.85. The van der Waals surface area contributed by atoms with Crippen molar-refractivity contribution in [1.82, 2.24) is 4.90 Å². The number of benzene rings is 2. The molecule has 1 fully saturated rings. The van der Waals surface area contributed by atoms with Crippen molar-refractivity contribution in [2.45, 2.75) is 30.8 Å². The number of rotatable bonds is 5. The van der Waals surface area contributed by atoms with Crippen LogP contribution < -0.4 is 5.73 Å². The molecule has 0 aliphatic carbocycles. The SMILES string of the molecule is COC(=O)[C@@H]1CCCN1C(=O)[C@H](N)C(c1ccccc1)c1ccccc1.Cl. The second-order valence-corrected chi connectivity index (χ2v) is 6.54. The first kappa shape index (κ1) is 20.9. The first-order valence-corrected chi connectivity index (χ1v) is 8.87. The van der Waals surface area contributed by atoms with Gasteiger partial charge in [-0.2, -0.15) is 0 Å². The van der Waals surface area contributed by atoms with Crippen LogP contribution in [0.15, 0.2) is 60.7 Å². The molecule has 2 atom stereocenters. The molecular formula is C21H25ClN2O3. The molecule has 2 aromatic rings. The van der Waals surface area contributed by atoms with E-state index in [1.54, 1.807) is 4.90 Å². The maximum Gasteiger partial charge on any atom is 0.328 e. The van der Waals surface area contributed by atoms with E-state index in [4.69, 9.17) is 10.5 Å². The van der Waals surface area contributed by atoms with E-state index in [2.05, 4.69) is 0 Å². The molecule has 2 aromatic carbocycles. The quantitative estimate of drug-likeness (QED) is 0.799. The van der Waals surface area contributed by atoms with Crippen molar-refractivity contribution in [2.24, 2.45) is 5.73 Å². The van der Waals surface area contributed by atoms with Gasteiger partial charge in [-0.05, 0) is 24.0 Å². The Morgan fingerprint density at radius 1 is 1.04 bits per heavy atom. The minimum Gasteiger partial charge on any atom is -0.467 e. The van der Waals surface area contributed by atoms with Crippen molar-refractivity contribution >= 4 is 24.3 Å². The number of hydrogen-bond acceptors (Lipinski definition) is 4. The maximum atomic E-state index is 13.2. The molecule has 1 aliphatic heterocycles. The lowest BCUT2D eigenvalue weighted by Gasteiger charge is -2.30. The van der Waals surface area contributed by atoms with Crippen molar-refractivity contribution in [3.63, 3.8) is 0 Å². The topological polar surface area (TPSA) is 72.6 Å². The second kappa shape index (κ2) is 9.53. The third kappa shape index (κ3) is 4.49. The Bertz CT molecular complexity index is 715. The van der Waals surface area contributed by atoms with Crippen molar-refractivity contribution in [2.75, 3.05) is 13.7 Å². The molecule has 3 rings (SSSR count). The highest BCUT2D eigenvalue weighted by molar-refractivity contribution is 5.89. The summed E-state index contributed by atoms with van der Waals surface area (Å²) in [5, 5.41) is 0. The molecule has 27 heavy (non-hydrogen) atoms. The number of halogens is 1. The molecule has 1 amide bonds. The molecule has 0 spiro atoms. The van der Waals surface area contributed by atoms with Crippen LogP contribution in [0, 0.1) is 0 Å². The van der Waals surface area contributed by atoms with Gasteiger partial charge in [0.2, 0.25) is 5.91 Å². The second-order valence-electron chi connectivity index (χ2n) is 6.54. The zero-order valence-electron chi connectivity index (χ0n) is 15.3. The minimum absolute atomic E-state index is 0. The molecule has 1 heterocycles. The number of amides is 1. The Morgan fingerprint density at radius 2 is 1.56 bits per heavy atom. The Kier molecular flexibility index (Phi) is 7.39. The van der Waals surface area contributed by atoms with Crippen LogP contribution in [0.1, 0.15) is 29.9 Å². The molecule has 0 aromatic heterocycles. The van der Waals surface area contributed by atoms with Gasteiger partial charge in [-0.25, -0.2) is 4.79 Å². The van der Waals surface area contributed by atoms with Crippen molar-refractivity contribution < 1.29 is 14.3 Å². The van der Waals surface area contributed by atoms with Gasteiger partial charge >= 0.3 is 5.97 Å². The third-order valence-corrected chi connectivity index (χ3v) is 4.97. The molecule has 0 unspecified atom stereocenters.